The molecule has 0 spiro atoms. The molecule has 0 saturated heterocycles. The summed E-state index contributed by atoms with van der Waals surface area (Å²) in [5.41, 5.74) is 1.30. The summed E-state index contributed by atoms with van der Waals surface area (Å²) in [5.74, 6) is 0.000193. The fourth-order valence-electron chi connectivity index (χ4n) is 1.86. The number of hydrogen-bond acceptors (Lipinski definition) is 2. The van der Waals surface area contributed by atoms with Crippen molar-refractivity contribution in [1.29, 1.82) is 0 Å². The summed E-state index contributed by atoms with van der Waals surface area (Å²) in [4.78, 5) is 11.7. The number of nitrogens with one attached hydrogen (secondary N) is 2. The molecule has 0 fully saturated rings. The molecule has 4 heteroatoms. The van der Waals surface area contributed by atoms with Gasteiger partial charge in [-0.25, -0.2) is 4.39 Å². The Morgan fingerprint density at radius 2 is 2.12 bits per heavy atom. The molecule has 2 N–H and O–H groups in total. The van der Waals surface area contributed by atoms with Crippen LogP contribution < -0.4 is 10.6 Å². The Morgan fingerprint density at radius 1 is 1.38 bits per heavy atom. The fourth-order valence-corrected chi connectivity index (χ4v) is 1.86. The molecule has 1 aliphatic heterocycles. The lowest BCUT2D eigenvalue weighted by Crippen LogP contribution is -2.39. The van der Waals surface area contributed by atoms with E-state index in [4.69, 9.17) is 0 Å². The van der Waals surface area contributed by atoms with Crippen LogP contribution in [0.1, 0.15) is 20.3 Å². The highest BCUT2D eigenvalue weighted by atomic mass is 19.1. The third kappa shape index (κ3) is 2.15. The van der Waals surface area contributed by atoms with Crippen LogP contribution in [0.3, 0.4) is 0 Å². The lowest BCUT2D eigenvalue weighted by Gasteiger charge is -2.27. The van der Waals surface area contributed by atoms with Crippen LogP contribution in [0.4, 0.5) is 15.8 Å². The first-order valence-electron chi connectivity index (χ1n) is 5.43. The zero-order valence-electron chi connectivity index (χ0n) is 9.38. The van der Waals surface area contributed by atoms with Crippen molar-refractivity contribution in [3.63, 3.8) is 0 Å². The van der Waals surface area contributed by atoms with E-state index in [1.165, 1.54) is 12.1 Å². The molecule has 1 atom stereocenters. The Morgan fingerprint density at radius 3 is 2.81 bits per heavy atom. The van der Waals surface area contributed by atoms with Gasteiger partial charge >= 0.3 is 0 Å². The number of carbonyl (C=O) groups is 1. The highest BCUT2D eigenvalue weighted by molar-refractivity contribution is 6.02. The summed E-state index contributed by atoms with van der Waals surface area (Å²) in [6.07, 6.45) is 0.767. The molecule has 0 aliphatic carbocycles. The molecular weight excluding hydrogens is 207 g/mol. The quantitative estimate of drug-likeness (QED) is 0.807. The first-order chi connectivity index (χ1) is 7.56. The zero-order chi connectivity index (χ0) is 11.7. The van der Waals surface area contributed by atoms with Crippen LogP contribution in [0.5, 0.6) is 0 Å². The van der Waals surface area contributed by atoms with Crippen molar-refractivity contribution in [3.8, 4) is 0 Å². The van der Waals surface area contributed by atoms with Gasteiger partial charge in [-0.15, -0.1) is 0 Å². The molecule has 1 aromatic rings. The van der Waals surface area contributed by atoms with Crippen molar-refractivity contribution >= 4 is 17.3 Å². The maximum absolute atomic E-state index is 12.9. The van der Waals surface area contributed by atoms with Crippen molar-refractivity contribution < 1.29 is 9.18 Å². The molecule has 1 unspecified atom stereocenters. The van der Waals surface area contributed by atoms with E-state index in [0.29, 0.717) is 11.6 Å². The largest absolute Gasteiger partial charge is 0.372 e. The number of anilines is 2. The van der Waals surface area contributed by atoms with Crippen LogP contribution in [0.15, 0.2) is 18.2 Å². The van der Waals surface area contributed by atoms with Crippen LogP contribution in [-0.4, -0.2) is 11.9 Å². The molecule has 1 heterocycles. The molecule has 0 bridgehead atoms. The Labute approximate surface area is 94.0 Å². The predicted octanol–water partition coefficient (Wildman–Crippen LogP) is 2.60. The molecule has 3 nitrogen and oxygen atoms in total. The number of amides is 1. The van der Waals surface area contributed by atoms with Crippen molar-refractivity contribution in [3.05, 3.63) is 24.0 Å². The van der Waals surface area contributed by atoms with Crippen molar-refractivity contribution in [2.45, 2.75) is 26.3 Å². The van der Waals surface area contributed by atoms with Gasteiger partial charge in [-0.3, -0.25) is 4.79 Å². The predicted molar refractivity (Wildman–Crippen MR) is 61.9 cm³/mol. The lowest BCUT2D eigenvalue weighted by atomic mass is 10.0. The summed E-state index contributed by atoms with van der Waals surface area (Å²) in [7, 11) is 0. The van der Waals surface area contributed by atoms with Crippen LogP contribution in [0, 0.1) is 11.7 Å². The van der Waals surface area contributed by atoms with Gasteiger partial charge in [-0.1, -0.05) is 13.8 Å². The van der Waals surface area contributed by atoms with Crippen molar-refractivity contribution in [2.75, 3.05) is 10.6 Å². The minimum atomic E-state index is -0.344. The Balaban J connectivity index is 2.22. The maximum atomic E-state index is 12.9. The third-order valence-corrected chi connectivity index (χ3v) is 2.59. The minimum Gasteiger partial charge on any atom is -0.372 e. The van der Waals surface area contributed by atoms with E-state index < -0.39 is 0 Å². The molecule has 0 radical (unpaired) electrons. The minimum absolute atomic E-state index is 0.0909. The van der Waals surface area contributed by atoms with Gasteiger partial charge in [0.1, 0.15) is 11.9 Å². The second-order valence-electron chi connectivity index (χ2n) is 4.51. The molecular formula is C12H15FN2O. The van der Waals surface area contributed by atoms with Crippen molar-refractivity contribution in [1.82, 2.24) is 0 Å². The average molecular weight is 222 g/mol. The number of carbonyl (C=O) groups excluding carboxylic acids is 1. The summed E-state index contributed by atoms with van der Waals surface area (Å²) in [6, 6.07) is 4.14. The van der Waals surface area contributed by atoms with E-state index in [2.05, 4.69) is 24.5 Å². The Hall–Kier alpha value is -1.58. The zero-order valence-corrected chi connectivity index (χ0v) is 9.38. The van der Waals surface area contributed by atoms with Crippen LogP contribution in [-0.2, 0) is 4.79 Å². The van der Waals surface area contributed by atoms with E-state index in [1.807, 2.05) is 0 Å². The molecule has 16 heavy (non-hydrogen) atoms. The van der Waals surface area contributed by atoms with E-state index >= 15 is 0 Å². The van der Waals surface area contributed by atoms with Crippen LogP contribution in [0.2, 0.25) is 0 Å². The van der Waals surface area contributed by atoms with Gasteiger partial charge in [0.15, 0.2) is 0 Å². The van der Waals surface area contributed by atoms with Gasteiger partial charge in [0, 0.05) is 0 Å². The Bertz CT molecular complexity index is 417. The molecule has 0 saturated carbocycles. The molecule has 2 rings (SSSR count). The third-order valence-electron chi connectivity index (χ3n) is 2.59. The normalized spacial score (nSPS) is 19.0. The topological polar surface area (TPSA) is 41.1 Å². The summed E-state index contributed by atoms with van der Waals surface area (Å²) in [5, 5.41) is 5.84. The molecule has 1 aliphatic rings. The maximum Gasteiger partial charge on any atom is 0.246 e. The molecule has 0 aromatic heterocycles. The SMILES string of the molecule is CC(C)CC1Nc2ccc(F)cc2NC1=O. The number of rotatable bonds is 2. The van der Waals surface area contributed by atoms with Gasteiger partial charge < -0.3 is 10.6 Å². The first kappa shape index (κ1) is 10.9. The smallest absolute Gasteiger partial charge is 0.246 e. The van der Waals surface area contributed by atoms with Gasteiger partial charge in [0.2, 0.25) is 5.91 Å². The van der Waals surface area contributed by atoms with Gasteiger partial charge in [0.25, 0.3) is 0 Å². The number of fused-ring (bicyclic) bond motifs is 1. The molecule has 1 amide bonds. The lowest BCUT2D eigenvalue weighted by molar-refractivity contribution is -0.117. The summed E-state index contributed by atoms with van der Waals surface area (Å²) in [6.45, 7) is 4.13. The van der Waals surface area contributed by atoms with Crippen LogP contribution >= 0.6 is 0 Å². The number of halogens is 1. The summed E-state index contributed by atoms with van der Waals surface area (Å²) < 4.78 is 12.9. The van der Waals surface area contributed by atoms with E-state index in [-0.39, 0.29) is 17.8 Å². The van der Waals surface area contributed by atoms with Gasteiger partial charge in [-0.2, -0.15) is 0 Å². The molecule has 1 aromatic carbocycles. The fraction of sp³-hybridized carbons (Fsp3) is 0.417. The highest BCUT2D eigenvalue weighted by Gasteiger charge is 2.25. The Kier molecular flexibility index (Phi) is 2.81. The number of hydrogen-bond donors (Lipinski definition) is 2. The van der Waals surface area contributed by atoms with E-state index in [9.17, 15) is 9.18 Å². The molecule has 86 valence electrons. The van der Waals surface area contributed by atoms with Crippen molar-refractivity contribution in [2.24, 2.45) is 5.92 Å². The second kappa shape index (κ2) is 4.12. The van der Waals surface area contributed by atoms with E-state index in [0.717, 1.165) is 12.1 Å². The monoisotopic (exact) mass is 222 g/mol. The van der Waals surface area contributed by atoms with Crippen LogP contribution in [0.25, 0.3) is 0 Å². The standard InChI is InChI=1S/C12H15FN2O/c1-7(2)5-11-12(16)15-10-6-8(13)3-4-9(10)14-11/h3-4,6-7,11,14H,5H2,1-2H3,(H,15,16). The second-order valence-corrected chi connectivity index (χ2v) is 4.51. The summed E-state index contributed by atoms with van der Waals surface area (Å²) >= 11 is 0. The first-order valence-corrected chi connectivity index (χ1v) is 5.43. The number of benzene rings is 1. The average Bonchev–Trinajstić information content (AvgIpc) is 2.19. The van der Waals surface area contributed by atoms with E-state index in [1.54, 1.807) is 6.07 Å². The van der Waals surface area contributed by atoms with Gasteiger partial charge in [-0.05, 0) is 30.5 Å². The highest BCUT2D eigenvalue weighted by Crippen LogP contribution is 2.28. The van der Waals surface area contributed by atoms with Gasteiger partial charge in [0.05, 0.1) is 11.4 Å².